The summed E-state index contributed by atoms with van der Waals surface area (Å²) >= 11 is 0. The minimum absolute atomic E-state index is 0.0850. The molecule has 0 fully saturated rings. The van der Waals surface area contributed by atoms with Crippen LogP contribution in [0.3, 0.4) is 0 Å². The van der Waals surface area contributed by atoms with E-state index >= 15 is 0 Å². The number of carbonyl (C=O) groups excluding carboxylic acids is 2. The average molecular weight is 915 g/mol. The standard InChI is InChI=1S/C61H102O5/c1-3-5-7-9-11-13-15-17-19-21-23-25-27-29-30-32-33-35-37-39-41-43-45-47-49-51-53-55-60(63)65-58-59(57-62)66-61(64)56-54-52-50-48-46-44-42-40-38-36-34-31-28-26-24-22-20-18-16-14-12-10-8-6-4-2/h6,8,12,14-15,17-18,20-21,23-24,26,31,34,38,40,44,46,59,62H,3-5,7,9-11,13,16,19,22,25,27-30,32-33,35-37,39,41-43,45,47-58H2,1-2H3/b8-6-,14-12-,17-15-,20-18-,23-21-,26-24-,34-31-,40-38-,46-44-. The second kappa shape index (κ2) is 55.9. The highest BCUT2D eigenvalue weighted by molar-refractivity contribution is 5.70. The van der Waals surface area contributed by atoms with Gasteiger partial charge in [-0.2, -0.15) is 0 Å². The van der Waals surface area contributed by atoms with Crippen LogP contribution in [0.25, 0.3) is 0 Å². The largest absolute Gasteiger partial charge is 0.462 e. The molecule has 0 aliphatic rings. The predicted molar refractivity (Wildman–Crippen MR) is 288 cm³/mol. The van der Waals surface area contributed by atoms with E-state index in [-0.39, 0.29) is 25.2 Å². The quantitative estimate of drug-likeness (QED) is 0.0374. The van der Waals surface area contributed by atoms with Gasteiger partial charge in [0.15, 0.2) is 6.10 Å². The number of aliphatic hydroxyl groups excluding tert-OH is 1. The molecule has 0 saturated carbocycles. The van der Waals surface area contributed by atoms with Crippen LogP contribution >= 0.6 is 0 Å². The smallest absolute Gasteiger partial charge is 0.306 e. The zero-order valence-electron chi connectivity index (χ0n) is 42.9. The molecule has 1 N–H and O–H groups in total. The van der Waals surface area contributed by atoms with Gasteiger partial charge in [0, 0.05) is 12.8 Å². The number of ether oxygens (including phenoxy) is 2. The highest BCUT2D eigenvalue weighted by atomic mass is 16.6. The molecule has 5 heteroatoms. The first-order valence-electron chi connectivity index (χ1n) is 27.4. The molecule has 0 aromatic carbocycles. The molecule has 5 nitrogen and oxygen atoms in total. The summed E-state index contributed by atoms with van der Waals surface area (Å²) in [5.41, 5.74) is 0. The number of hydrogen-bond acceptors (Lipinski definition) is 5. The summed E-state index contributed by atoms with van der Waals surface area (Å²) in [6, 6.07) is 0. The second-order valence-electron chi connectivity index (χ2n) is 17.9. The van der Waals surface area contributed by atoms with Gasteiger partial charge in [0.1, 0.15) is 6.61 Å². The van der Waals surface area contributed by atoms with Crippen molar-refractivity contribution in [3.63, 3.8) is 0 Å². The van der Waals surface area contributed by atoms with E-state index in [1.807, 2.05) is 0 Å². The normalized spacial score (nSPS) is 13.1. The Balaban J connectivity index is 3.58. The molecule has 0 aromatic heterocycles. The van der Waals surface area contributed by atoms with E-state index in [4.69, 9.17) is 9.47 Å². The van der Waals surface area contributed by atoms with E-state index in [9.17, 15) is 14.7 Å². The van der Waals surface area contributed by atoms with Crippen LogP contribution < -0.4 is 0 Å². The van der Waals surface area contributed by atoms with Crippen molar-refractivity contribution in [2.24, 2.45) is 0 Å². The third kappa shape index (κ3) is 53.2. The average Bonchev–Trinajstić information content (AvgIpc) is 3.32. The number of unbranched alkanes of at least 4 members (excludes halogenated alkanes) is 23. The summed E-state index contributed by atoms with van der Waals surface area (Å²) < 4.78 is 10.7. The molecule has 0 radical (unpaired) electrons. The van der Waals surface area contributed by atoms with Gasteiger partial charge in [0.05, 0.1) is 6.61 Å². The maximum atomic E-state index is 12.3. The minimum atomic E-state index is -0.798. The zero-order valence-corrected chi connectivity index (χ0v) is 42.9. The van der Waals surface area contributed by atoms with E-state index in [0.717, 1.165) is 96.3 Å². The molecule has 0 heterocycles. The lowest BCUT2D eigenvalue weighted by molar-refractivity contribution is -0.161. The Labute approximate surface area is 408 Å². The highest BCUT2D eigenvalue weighted by Crippen LogP contribution is 2.15. The van der Waals surface area contributed by atoms with Crippen LogP contribution in [0.1, 0.15) is 245 Å². The van der Waals surface area contributed by atoms with Crippen LogP contribution in [-0.2, 0) is 19.1 Å². The van der Waals surface area contributed by atoms with Crippen molar-refractivity contribution in [3.05, 3.63) is 109 Å². The number of allylic oxidation sites excluding steroid dienone is 18. The summed E-state index contributed by atoms with van der Waals surface area (Å²) in [5, 5.41) is 9.64. The van der Waals surface area contributed by atoms with Gasteiger partial charge in [-0.15, -0.1) is 0 Å². The van der Waals surface area contributed by atoms with Crippen LogP contribution in [0.2, 0.25) is 0 Å². The minimum Gasteiger partial charge on any atom is -0.462 e. The van der Waals surface area contributed by atoms with Crippen LogP contribution in [0, 0.1) is 0 Å². The van der Waals surface area contributed by atoms with Gasteiger partial charge in [-0.1, -0.05) is 239 Å². The highest BCUT2D eigenvalue weighted by Gasteiger charge is 2.16. The zero-order chi connectivity index (χ0) is 47.7. The Kier molecular flexibility index (Phi) is 53.0. The first-order chi connectivity index (χ1) is 32.6. The molecule has 0 aromatic rings. The van der Waals surface area contributed by atoms with E-state index in [0.29, 0.717) is 12.8 Å². The summed E-state index contributed by atoms with van der Waals surface area (Å²) in [6.07, 6.45) is 80.5. The Morgan fingerprint density at radius 3 is 1.00 bits per heavy atom. The molecular weight excluding hydrogens is 813 g/mol. The van der Waals surface area contributed by atoms with E-state index in [1.165, 1.54) is 122 Å². The molecule has 0 amide bonds. The summed E-state index contributed by atoms with van der Waals surface area (Å²) in [7, 11) is 0. The van der Waals surface area contributed by atoms with Crippen molar-refractivity contribution < 1.29 is 24.2 Å². The third-order valence-corrected chi connectivity index (χ3v) is 11.6. The van der Waals surface area contributed by atoms with Crippen LogP contribution in [-0.4, -0.2) is 36.4 Å². The number of rotatable bonds is 49. The Bertz CT molecular complexity index is 1310. The molecule has 66 heavy (non-hydrogen) atoms. The number of carbonyl (C=O) groups is 2. The van der Waals surface area contributed by atoms with Gasteiger partial charge in [-0.25, -0.2) is 0 Å². The van der Waals surface area contributed by atoms with Crippen LogP contribution in [0.4, 0.5) is 0 Å². The van der Waals surface area contributed by atoms with Gasteiger partial charge in [0.25, 0.3) is 0 Å². The maximum absolute atomic E-state index is 12.3. The molecule has 0 aliphatic carbocycles. The SMILES string of the molecule is CC/C=C\C/C=C\C/C=C\C/C=C\C/C=C\C/C=C\C/C=C\CCCCCC(=O)OC(CO)COC(=O)CCCCCCCCCCCCCCCCC/C=C\C/C=C\CCCCCCC. The molecule has 376 valence electrons. The monoisotopic (exact) mass is 915 g/mol. The van der Waals surface area contributed by atoms with E-state index < -0.39 is 6.10 Å². The molecule has 1 unspecified atom stereocenters. The van der Waals surface area contributed by atoms with E-state index in [1.54, 1.807) is 0 Å². The summed E-state index contributed by atoms with van der Waals surface area (Å²) in [4.78, 5) is 24.5. The van der Waals surface area contributed by atoms with Gasteiger partial charge < -0.3 is 14.6 Å². The summed E-state index contributed by atoms with van der Waals surface area (Å²) in [5.74, 6) is -0.631. The van der Waals surface area contributed by atoms with Gasteiger partial charge in [0.2, 0.25) is 0 Å². The van der Waals surface area contributed by atoms with Crippen LogP contribution in [0.15, 0.2) is 109 Å². The first kappa shape index (κ1) is 62.6. The molecule has 0 spiro atoms. The lowest BCUT2D eigenvalue weighted by Crippen LogP contribution is -2.28. The maximum Gasteiger partial charge on any atom is 0.306 e. The lowest BCUT2D eigenvalue weighted by Gasteiger charge is -2.15. The topological polar surface area (TPSA) is 72.8 Å². The molecule has 1 atom stereocenters. The number of hydrogen-bond donors (Lipinski definition) is 1. The van der Waals surface area contributed by atoms with Gasteiger partial charge >= 0.3 is 11.9 Å². The van der Waals surface area contributed by atoms with Crippen molar-refractivity contribution in [3.8, 4) is 0 Å². The predicted octanol–water partition coefficient (Wildman–Crippen LogP) is 18.5. The Morgan fingerprint density at radius 1 is 0.364 bits per heavy atom. The Morgan fingerprint density at radius 2 is 0.652 bits per heavy atom. The number of aliphatic hydroxyl groups is 1. The van der Waals surface area contributed by atoms with Gasteiger partial charge in [-0.05, 0) is 103 Å². The molecule has 0 rings (SSSR count). The van der Waals surface area contributed by atoms with Crippen LogP contribution in [0.5, 0.6) is 0 Å². The number of esters is 2. The lowest BCUT2D eigenvalue weighted by atomic mass is 10.0. The van der Waals surface area contributed by atoms with Crippen molar-refractivity contribution in [2.45, 2.75) is 251 Å². The molecule has 0 saturated heterocycles. The molecule has 0 bridgehead atoms. The van der Waals surface area contributed by atoms with Gasteiger partial charge in [-0.3, -0.25) is 9.59 Å². The fourth-order valence-corrected chi connectivity index (χ4v) is 7.45. The molecule has 0 aliphatic heterocycles. The van der Waals surface area contributed by atoms with Crippen molar-refractivity contribution in [1.82, 2.24) is 0 Å². The van der Waals surface area contributed by atoms with E-state index in [2.05, 4.69) is 123 Å². The van der Waals surface area contributed by atoms with Crippen molar-refractivity contribution in [2.75, 3.05) is 13.2 Å². The fraction of sp³-hybridized carbons (Fsp3) is 0.672. The fourth-order valence-electron chi connectivity index (χ4n) is 7.45. The molecular formula is C61H102O5. The Hall–Kier alpha value is -3.44. The third-order valence-electron chi connectivity index (χ3n) is 11.6. The first-order valence-corrected chi connectivity index (χ1v) is 27.4. The summed E-state index contributed by atoms with van der Waals surface area (Å²) in [6.45, 7) is 4.00. The second-order valence-corrected chi connectivity index (χ2v) is 17.9. The van der Waals surface area contributed by atoms with Crippen molar-refractivity contribution >= 4 is 11.9 Å². The van der Waals surface area contributed by atoms with Crippen molar-refractivity contribution in [1.29, 1.82) is 0 Å².